The van der Waals surface area contributed by atoms with Crippen molar-refractivity contribution in [3.8, 4) is 0 Å². The van der Waals surface area contributed by atoms with E-state index in [0.717, 1.165) is 0 Å². The molecule has 0 atom stereocenters. The third-order valence-electron chi connectivity index (χ3n) is 3.11. The maximum absolute atomic E-state index is 13.7. The van der Waals surface area contributed by atoms with Crippen LogP contribution in [0.25, 0.3) is 0 Å². The molecule has 2 heterocycles. The van der Waals surface area contributed by atoms with Gasteiger partial charge in [0.2, 0.25) is 0 Å². The molecule has 1 aromatic carbocycles. The second-order valence-electron chi connectivity index (χ2n) is 4.44. The van der Waals surface area contributed by atoms with Crippen molar-refractivity contribution in [3.63, 3.8) is 0 Å². The molecule has 0 saturated carbocycles. The van der Waals surface area contributed by atoms with Gasteiger partial charge in [0.15, 0.2) is 0 Å². The first-order chi connectivity index (χ1) is 9.84. The summed E-state index contributed by atoms with van der Waals surface area (Å²) in [6, 6.07) is 15.4. The molecule has 0 aliphatic carbocycles. The fourth-order valence-corrected chi connectivity index (χ4v) is 3.82. The van der Waals surface area contributed by atoms with E-state index < -0.39 is 0 Å². The highest BCUT2D eigenvalue weighted by Crippen LogP contribution is 2.29. The fourth-order valence-electron chi connectivity index (χ4n) is 2.11. The van der Waals surface area contributed by atoms with Crippen molar-refractivity contribution in [2.24, 2.45) is 0 Å². The highest BCUT2D eigenvalue weighted by Gasteiger charge is 2.16. The monoisotopic (exact) mass is 303 g/mol. The Hall–Kier alpha value is -1.49. The summed E-state index contributed by atoms with van der Waals surface area (Å²) in [5.74, 6) is -0.156. The number of rotatable bonds is 5. The van der Waals surface area contributed by atoms with E-state index in [0.29, 0.717) is 12.1 Å². The summed E-state index contributed by atoms with van der Waals surface area (Å²) < 4.78 is 13.7. The van der Waals surface area contributed by atoms with Crippen molar-refractivity contribution in [1.29, 1.82) is 0 Å². The summed E-state index contributed by atoms with van der Waals surface area (Å²) in [5.41, 5.74) is 0.700. The van der Waals surface area contributed by atoms with E-state index in [1.54, 1.807) is 28.7 Å². The Morgan fingerprint density at radius 2 is 1.55 bits per heavy atom. The van der Waals surface area contributed by atoms with E-state index in [2.05, 4.69) is 28.2 Å². The van der Waals surface area contributed by atoms with Crippen LogP contribution >= 0.6 is 22.7 Å². The Kier molecular flexibility index (Phi) is 4.25. The molecule has 0 spiro atoms. The van der Waals surface area contributed by atoms with Gasteiger partial charge in [0.05, 0.1) is 6.04 Å². The average Bonchev–Trinajstić information content (AvgIpc) is 3.14. The van der Waals surface area contributed by atoms with Crippen molar-refractivity contribution in [2.75, 3.05) is 0 Å². The lowest BCUT2D eigenvalue weighted by Crippen LogP contribution is -2.20. The van der Waals surface area contributed by atoms with Crippen molar-refractivity contribution in [1.82, 2.24) is 5.32 Å². The van der Waals surface area contributed by atoms with Gasteiger partial charge in [-0.15, -0.1) is 22.7 Å². The highest BCUT2D eigenvalue weighted by molar-refractivity contribution is 7.11. The Morgan fingerprint density at radius 1 is 0.900 bits per heavy atom. The summed E-state index contributed by atoms with van der Waals surface area (Å²) in [4.78, 5) is 2.51. The molecule has 3 aromatic rings. The second-order valence-corrected chi connectivity index (χ2v) is 6.39. The number of hydrogen-bond acceptors (Lipinski definition) is 3. The fraction of sp³-hybridized carbons (Fsp3) is 0.125. The minimum Gasteiger partial charge on any atom is -0.301 e. The lowest BCUT2D eigenvalue weighted by molar-refractivity contribution is 0.568. The third-order valence-corrected chi connectivity index (χ3v) is 4.98. The first-order valence-corrected chi connectivity index (χ1v) is 8.14. The van der Waals surface area contributed by atoms with Gasteiger partial charge in [0, 0.05) is 21.9 Å². The van der Waals surface area contributed by atoms with Crippen molar-refractivity contribution in [2.45, 2.75) is 12.6 Å². The first kappa shape index (κ1) is 13.5. The van der Waals surface area contributed by atoms with Gasteiger partial charge in [-0.3, -0.25) is 0 Å². The molecule has 4 heteroatoms. The van der Waals surface area contributed by atoms with Crippen molar-refractivity contribution in [3.05, 3.63) is 80.4 Å². The zero-order valence-corrected chi connectivity index (χ0v) is 12.4. The zero-order chi connectivity index (χ0) is 13.8. The first-order valence-electron chi connectivity index (χ1n) is 6.38. The van der Waals surface area contributed by atoms with Gasteiger partial charge in [-0.1, -0.05) is 30.3 Å². The lowest BCUT2D eigenvalue weighted by atomic mass is 10.1. The SMILES string of the molecule is Fc1ccccc1CNC(c1cccs1)c1cccs1. The molecule has 0 radical (unpaired) electrons. The van der Waals surface area contributed by atoms with E-state index in [1.165, 1.54) is 15.8 Å². The van der Waals surface area contributed by atoms with E-state index in [4.69, 9.17) is 0 Å². The summed E-state index contributed by atoms with van der Waals surface area (Å²) in [7, 11) is 0. The number of hydrogen-bond donors (Lipinski definition) is 1. The Bertz CT molecular complexity index is 613. The average molecular weight is 303 g/mol. The van der Waals surface area contributed by atoms with Crippen LogP contribution in [0.2, 0.25) is 0 Å². The maximum atomic E-state index is 13.7. The van der Waals surface area contributed by atoms with Gasteiger partial charge in [0.25, 0.3) is 0 Å². The summed E-state index contributed by atoms with van der Waals surface area (Å²) in [6.45, 7) is 0.521. The van der Waals surface area contributed by atoms with Gasteiger partial charge < -0.3 is 5.32 Å². The van der Waals surface area contributed by atoms with Crippen LogP contribution < -0.4 is 5.32 Å². The predicted molar refractivity (Wildman–Crippen MR) is 83.7 cm³/mol. The molecule has 0 amide bonds. The molecule has 0 bridgehead atoms. The quantitative estimate of drug-likeness (QED) is 0.712. The molecule has 3 rings (SSSR count). The summed E-state index contributed by atoms with van der Waals surface area (Å²) in [5, 5.41) is 7.60. The minimum absolute atomic E-state index is 0.134. The molecule has 1 N–H and O–H groups in total. The van der Waals surface area contributed by atoms with Crippen LogP contribution in [-0.2, 0) is 6.54 Å². The van der Waals surface area contributed by atoms with Gasteiger partial charge >= 0.3 is 0 Å². The van der Waals surface area contributed by atoms with Gasteiger partial charge in [-0.25, -0.2) is 4.39 Å². The topological polar surface area (TPSA) is 12.0 Å². The van der Waals surface area contributed by atoms with Crippen LogP contribution in [0, 0.1) is 5.82 Å². The van der Waals surface area contributed by atoms with Crippen LogP contribution in [0.3, 0.4) is 0 Å². The predicted octanol–water partition coefficient (Wildman–Crippen LogP) is 4.83. The van der Waals surface area contributed by atoms with Crippen LogP contribution in [0.1, 0.15) is 21.4 Å². The molecule has 102 valence electrons. The number of halogens is 1. The molecular weight excluding hydrogens is 289 g/mol. The molecular formula is C16H14FNS2. The standard InChI is InChI=1S/C16H14FNS2/c17-13-6-2-1-5-12(13)11-18-16(14-7-3-9-19-14)15-8-4-10-20-15/h1-10,16,18H,11H2. The number of benzene rings is 1. The largest absolute Gasteiger partial charge is 0.301 e. The Labute approximate surface area is 125 Å². The highest BCUT2D eigenvalue weighted by atomic mass is 32.1. The molecule has 0 fully saturated rings. The zero-order valence-electron chi connectivity index (χ0n) is 10.8. The number of nitrogens with one attached hydrogen (secondary N) is 1. The van der Waals surface area contributed by atoms with E-state index in [-0.39, 0.29) is 11.9 Å². The molecule has 20 heavy (non-hydrogen) atoms. The maximum Gasteiger partial charge on any atom is 0.127 e. The Morgan fingerprint density at radius 3 is 2.10 bits per heavy atom. The molecule has 1 nitrogen and oxygen atoms in total. The van der Waals surface area contributed by atoms with Gasteiger partial charge in [-0.2, -0.15) is 0 Å². The smallest absolute Gasteiger partial charge is 0.127 e. The summed E-state index contributed by atoms with van der Waals surface area (Å²) in [6.07, 6.45) is 0. The van der Waals surface area contributed by atoms with Gasteiger partial charge in [-0.05, 0) is 29.0 Å². The van der Waals surface area contributed by atoms with Crippen LogP contribution in [0.5, 0.6) is 0 Å². The lowest BCUT2D eigenvalue weighted by Gasteiger charge is -2.16. The van der Waals surface area contributed by atoms with Crippen molar-refractivity contribution >= 4 is 22.7 Å². The molecule has 0 aliphatic heterocycles. The van der Waals surface area contributed by atoms with E-state index in [1.807, 2.05) is 24.3 Å². The van der Waals surface area contributed by atoms with E-state index >= 15 is 0 Å². The molecule has 2 aromatic heterocycles. The van der Waals surface area contributed by atoms with Crippen LogP contribution in [0.15, 0.2) is 59.3 Å². The van der Waals surface area contributed by atoms with Gasteiger partial charge in [0.1, 0.15) is 5.82 Å². The molecule has 0 unspecified atom stereocenters. The Balaban J connectivity index is 1.80. The second kappa shape index (κ2) is 6.31. The third kappa shape index (κ3) is 2.98. The van der Waals surface area contributed by atoms with E-state index in [9.17, 15) is 4.39 Å². The summed E-state index contributed by atoms with van der Waals surface area (Å²) >= 11 is 3.44. The molecule has 0 saturated heterocycles. The van der Waals surface area contributed by atoms with Crippen molar-refractivity contribution < 1.29 is 4.39 Å². The normalized spacial score (nSPS) is 11.1. The molecule has 0 aliphatic rings. The van der Waals surface area contributed by atoms with Crippen LogP contribution in [-0.4, -0.2) is 0 Å². The van der Waals surface area contributed by atoms with Crippen LogP contribution in [0.4, 0.5) is 4.39 Å². The minimum atomic E-state index is -0.156. The number of thiophene rings is 2.